The number of hydrogen-bond donors (Lipinski definition) is 0. The molecule has 0 N–H and O–H groups in total. The van der Waals surface area contributed by atoms with E-state index >= 15 is 0 Å². The standard InChI is InChI=1S/C28H33N5O3/c1-19(2)33-26(34)13-11-24(29-33)27-25-12-10-23(35-15-14-31-16-20(3)36-21(4)17-31)18-32(25)30-28(27)22-8-6-5-7-9-22/h5-13,18-21H,14-17H2,1-4H3/t20-,21+. The number of rotatable bonds is 7. The molecular formula is C28H33N5O3. The predicted octanol–water partition coefficient (Wildman–Crippen LogP) is 4.29. The molecule has 36 heavy (non-hydrogen) atoms. The lowest BCUT2D eigenvalue weighted by atomic mass is 10.0. The van der Waals surface area contributed by atoms with E-state index in [-0.39, 0.29) is 23.8 Å². The number of ether oxygens (including phenoxy) is 2. The molecule has 0 radical (unpaired) electrons. The van der Waals surface area contributed by atoms with Crippen molar-refractivity contribution in [2.75, 3.05) is 26.2 Å². The zero-order chi connectivity index (χ0) is 25.2. The second kappa shape index (κ2) is 10.2. The van der Waals surface area contributed by atoms with Crippen LogP contribution in [0.1, 0.15) is 33.7 Å². The summed E-state index contributed by atoms with van der Waals surface area (Å²) in [5.41, 5.74) is 4.17. The van der Waals surface area contributed by atoms with E-state index in [0.717, 1.165) is 47.7 Å². The van der Waals surface area contributed by atoms with E-state index in [0.29, 0.717) is 12.3 Å². The van der Waals surface area contributed by atoms with Gasteiger partial charge in [-0.1, -0.05) is 30.3 Å². The minimum absolute atomic E-state index is 0.0445. The van der Waals surface area contributed by atoms with Crippen LogP contribution in [-0.2, 0) is 4.74 Å². The molecule has 1 aliphatic rings. The van der Waals surface area contributed by atoms with Gasteiger partial charge in [0.15, 0.2) is 0 Å². The number of pyridine rings is 1. The van der Waals surface area contributed by atoms with Crippen molar-refractivity contribution >= 4 is 5.52 Å². The highest BCUT2D eigenvalue weighted by Crippen LogP contribution is 2.34. The van der Waals surface area contributed by atoms with Gasteiger partial charge in [0.25, 0.3) is 5.56 Å². The van der Waals surface area contributed by atoms with E-state index in [1.54, 1.807) is 12.1 Å². The molecule has 188 valence electrons. The van der Waals surface area contributed by atoms with Gasteiger partial charge in [0.05, 0.1) is 41.2 Å². The maximum Gasteiger partial charge on any atom is 0.267 e. The largest absolute Gasteiger partial charge is 0.491 e. The first-order valence-electron chi connectivity index (χ1n) is 12.6. The van der Waals surface area contributed by atoms with Gasteiger partial charge >= 0.3 is 0 Å². The number of fused-ring (bicyclic) bond motifs is 1. The summed E-state index contributed by atoms with van der Waals surface area (Å²) in [7, 11) is 0. The van der Waals surface area contributed by atoms with Crippen molar-refractivity contribution < 1.29 is 9.47 Å². The van der Waals surface area contributed by atoms with Crippen LogP contribution in [0.2, 0.25) is 0 Å². The molecule has 2 atom stereocenters. The number of aromatic nitrogens is 4. The van der Waals surface area contributed by atoms with E-state index < -0.39 is 0 Å². The van der Waals surface area contributed by atoms with Crippen molar-refractivity contribution in [1.29, 1.82) is 0 Å². The number of benzene rings is 1. The zero-order valence-electron chi connectivity index (χ0n) is 21.3. The maximum atomic E-state index is 12.3. The third-order valence-electron chi connectivity index (χ3n) is 6.39. The Labute approximate surface area is 211 Å². The smallest absolute Gasteiger partial charge is 0.267 e. The van der Waals surface area contributed by atoms with Gasteiger partial charge in [-0.25, -0.2) is 9.20 Å². The molecule has 1 aliphatic heterocycles. The molecule has 3 aromatic heterocycles. The third kappa shape index (κ3) is 5.05. The topological polar surface area (TPSA) is 73.9 Å². The lowest BCUT2D eigenvalue weighted by molar-refractivity contribution is -0.0699. The first-order chi connectivity index (χ1) is 17.4. The zero-order valence-corrected chi connectivity index (χ0v) is 21.3. The van der Waals surface area contributed by atoms with Gasteiger partial charge in [-0.15, -0.1) is 0 Å². The summed E-state index contributed by atoms with van der Waals surface area (Å²) < 4.78 is 15.3. The van der Waals surface area contributed by atoms with Gasteiger partial charge in [0.2, 0.25) is 0 Å². The highest BCUT2D eigenvalue weighted by Gasteiger charge is 2.22. The quantitative estimate of drug-likeness (QED) is 0.387. The van der Waals surface area contributed by atoms with Crippen LogP contribution in [-0.4, -0.2) is 62.7 Å². The van der Waals surface area contributed by atoms with Crippen LogP contribution < -0.4 is 10.3 Å². The molecule has 0 spiro atoms. The van der Waals surface area contributed by atoms with Crippen LogP contribution in [0, 0.1) is 0 Å². The second-order valence-corrected chi connectivity index (χ2v) is 9.74. The molecule has 0 unspecified atom stereocenters. The first kappa shape index (κ1) is 24.2. The Morgan fingerprint density at radius 2 is 1.75 bits per heavy atom. The average Bonchev–Trinajstić information content (AvgIpc) is 3.23. The van der Waals surface area contributed by atoms with E-state index in [1.165, 1.54) is 4.68 Å². The van der Waals surface area contributed by atoms with Crippen LogP contribution in [0.15, 0.2) is 65.6 Å². The molecule has 1 saturated heterocycles. The van der Waals surface area contributed by atoms with Crippen molar-refractivity contribution in [1.82, 2.24) is 24.3 Å². The lowest BCUT2D eigenvalue weighted by Crippen LogP contribution is -2.46. The van der Waals surface area contributed by atoms with E-state index in [9.17, 15) is 4.79 Å². The highest BCUT2D eigenvalue weighted by molar-refractivity contribution is 5.90. The third-order valence-corrected chi connectivity index (χ3v) is 6.39. The van der Waals surface area contributed by atoms with Gasteiger partial charge in [-0.3, -0.25) is 9.69 Å². The summed E-state index contributed by atoms with van der Waals surface area (Å²) in [6.07, 6.45) is 2.39. The SMILES string of the molecule is CC(C)n1nc(-c2c(-c3ccccc3)nn3cc(OCCN4C[C@@H](C)O[C@@H](C)C4)ccc23)ccc1=O. The first-order valence-corrected chi connectivity index (χ1v) is 12.6. The molecule has 8 heteroatoms. The Kier molecular flexibility index (Phi) is 6.89. The summed E-state index contributed by atoms with van der Waals surface area (Å²) in [4.78, 5) is 14.7. The fraction of sp³-hybridized carbons (Fsp3) is 0.393. The number of morpholine rings is 1. The molecule has 4 heterocycles. The monoisotopic (exact) mass is 487 g/mol. The Bertz CT molecular complexity index is 1390. The molecule has 8 nitrogen and oxygen atoms in total. The van der Waals surface area contributed by atoms with Crippen LogP contribution in [0.3, 0.4) is 0 Å². The summed E-state index contributed by atoms with van der Waals surface area (Å²) in [6.45, 7) is 11.4. The van der Waals surface area contributed by atoms with Crippen molar-refractivity contribution in [2.24, 2.45) is 0 Å². The Morgan fingerprint density at radius 3 is 2.47 bits per heavy atom. The van der Waals surface area contributed by atoms with Crippen LogP contribution >= 0.6 is 0 Å². The fourth-order valence-electron chi connectivity index (χ4n) is 4.85. The van der Waals surface area contributed by atoms with Gasteiger partial charge in [-0.05, 0) is 45.9 Å². The van der Waals surface area contributed by atoms with Crippen molar-refractivity contribution in [3.8, 4) is 28.3 Å². The fourth-order valence-corrected chi connectivity index (χ4v) is 4.85. The highest BCUT2D eigenvalue weighted by atomic mass is 16.5. The Balaban J connectivity index is 1.47. The molecule has 0 bridgehead atoms. The van der Waals surface area contributed by atoms with Crippen LogP contribution in [0.4, 0.5) is 0 Å². The molecule has 1 fully saturated rings. The maximum absolute atomic E-state index is 12.3. The Morgan fingerprint density at radius 1 is 1.00 bits per heavy atom. The Hall–Kier alpha value is -3.49. The lowest BCUT2D eigenvalue weighted by Gasteiger charge is -2.35. The molecule has 0 amide bonds. The van der Waals surface area contributed by atoms with E-state index in [2.05, 4.69) is 18.7 Å². The van der Waals surface area contributed by atoms with Crippen LogP contribution in [0.5, 0.6) is 5.75 Å². The van der Waals surface area contributed by atoms with Crippen LogP contribution in [0.25, 0.3) is 28.0 Å². The molecular weight excluding hydrogens is 454 g/mol. The predicted molar refractivity (Wildman–Crippen MR) is 140 cm³/mol. The summed E-state index contributed by atoms with van der Waals surface area (Å²) in [5.74, 6) is 0.755. The minimum atomic E-state index is -0.119. The van der Waals surface area contributed by atoms with Gasteiger partial charge in [0, 0.05) is 31.3 Å². The number of nitrogens with zero attached hydrogens (tertiary/aromatic N) is 5. The molecule has 0 aliphatic carbocycles. The molecule has 0 saturated carbocycles. The summed E-state index contributed by atoms with van der Waals surface area (Å²) in [6, 6.07) is 17.3. The van der Waals surface area contributed by atoms with Crippen molar-refractivity contribution in [3.63, 3.8) is 0 Å². The van der Waals surface area contributed by atoms with Crippen molar-refractivity contribution in [3.05, 3.63) is 71.1 Å². The summed E-state index contributed by atoms with van der Waals surface area (Å²) in [5, 5.41) is 9.61. The average molecular weight is 488 g/mol. The second-order valence-electron chi connectivity index (χ2n) is 9.74. The van der Waals surface area contributed by atoms with Crippen molar-refractivity contribution in [2.45, 2.75) is 45.9 Å². The minimum Gasteiger partial charge on any atom is -0.491 e. The molecule has 4 aromatic rings. The van der Waals surface area contributed by atoms with E-state index in [4.69, 9.17) is 19.7 Å². The van der Waals surface area contributed by atoms with Gasteiger partial charge in [0.1, 0.15) is 18.1 Å². The summed E-state index contributed by atoms with van der Waals surface area (Å²) >= 11 is 0. The number of hydrogen-bond acceptors (Lipinski definition) is 6. The van der Waals surface area contributed by atoms with Gasteiger partial charge < -0.3 is 9.47 Å². The molecule has 5 rings (SSSR count). The van der Waals surface area contributed by atoms with Gasteiger partial charge in [-0.2, -0.15) is 10.2 Å². The molecule has 1 aromatic carbocycles. The van der Waals surface area contributed by atoms with E-state index in [1.807, 2.05) is 67.0 Å². The normalized spacial score (nSPS) is 18.7.